The minimum absolute atomic E-state index is 0.000521. The average molecular weight is 375 g/mol. The largest absolute Gasteiger partial charge is 0.339 e. The maximum Gasteiger partial charge on any atom is 0.238 e. The average Bonchev–Trinajstić information content (AvgIpc) is 2.95. The molecule has 0 saturated heterocycles. The van der Waals surface area contributed by atoms with Crippen LogP contribution in [0.5, 0.6) is 0 Å². The zero-order valence-corrected chi connectivity index (χ0v) is 16.0. The van der Waals surface area contributed by atoms with Crippen LogP contribution in [0.1, 0.15) is 81.0 Å². The summed E-state index contributed by atoms with van der Waals surface area (Å²) in [7, 11) is -3.67. The smallest absolute Gasteiger partial charge is 0.238 e. The highest BCUT2D eigenvalue weighted by Crippen LogP contribution is 2.69. The van der Waals surface area contributed by atoms with Gasteiger partial charge in [0, 0.05) is 11.8 Å². The molecule has 2 aliphatic carbocycles. The molecule has 2 fully saturated rings. The van der Waals surface area contributed by atoms with Crippen LogP contribution < -0.4 is 5.14 Å². The van der Waals surface area contributed by atoms with Gasteiger partial charge in [-0.25, -0.2) is 13.6 Å². The third-order valence-corrected chi connectivity index (χ3v) is 7.02. The van der Waals surface area contributed by atoms with Crippen molar-refractivity contribution in [3.05, 3.63) is 41.5 Å². The summed E-state index contributed by atoms with van der Waals surface area (Å²) >= 11 is 0. The first kappa shape index (κ1) is 17.7. The molecular weight excluding hydrogens is 350 g/mol. The fourth-order valence-corrected chi connectivity index (χ4v) is 5.00. The molecule has 2 atom stereocenters. The molecular formula is C19H25N3O3S. The molecule has 1 heterocycles. The van der Waals surface area contributed by atoms with E-state index in [1.54, 1.807) is 12.1 Å². The van der Waals surface area contributed by atoms with Crippen LogP contribution in [0.3, 0.4) is 0 Å². The first-order valence-corrected chi connectivity index (χ1v) is 10.8. The Bertz CT molecular complexity index is 896. The van der Waals surface area contributed by atoms with Crippen LogP contribution in [0.2, 0.25) is 0 Å². The lowest BCUT2D eigenvalue weighted by Crippen LogP contribution is -2.11. The van der Waals surface area contributed by atoms with E-state index in [-0.39, 0.29) is 22.1 Å². The zero-order chi connectivity index (χ0) is 18.5. The summed E-state index contributed by atoms with van der Waals surface area (Å²) in [6.07, 6.45) is 6.06. The van der Waals surface area contributed by atoms with Crippen molar-refractivity contribution >= 4 is 10.0 Å². The first-order chi connectivity index (χ1) is 12.3. The molecule has 7 heteroatoms. The molecule has 6 nitrogen and oxygen atoms in total. The van der Waals surface area contributed by atoms with Gasteiger partial charge in [0.2, 0.25) is 15.9 Å². The number of primary sulfonamides is 1. The van der Waals surface area contributed by atoms with Gasteiger partial charge in [0.1, 0.15) is 0 Å². The maximum atomic E-state index is 11.4. The maximum absolute atomic E-state index is 11.4. The van der Waals surface area contributed by atoms with Crippen LogP contribution in [0.15, 0.2) is 33.7 Å². The topological polar surface area (TPSA) is 99.1 Å². The van der Waals surface area contributed by atoms with Crippen molar-refractivity contribution in [1.29, 1.82) is 0 Å². The number of nitrogens with zero attached hydrogens (tertiary/aromatic N) is 2. The van der Waals surface area contributed by atoms with Gasteiger partial charge in [-0.1, -0.05) is 50.4 Å². The first-order valence-electron chi connectivity index (χ1n) is 9.25. The van der Waals surface area contributed by atoms with Crippen molar-refractivity contribution in [2.45, 2.75) is 68.6 Å². The van der Waals surface area contributed by atoms with Crippen LogP contribution in [0, 0.1) is 5.41 Å². The molecule has 1 aromatic carbocycles. The number of hydrogen-bond acceptors (Lipinski definition) is 5. The molecule has 0 bridgehead atoms. The second-order valence-corrected chi connectivity index (χ2v) is 9.78. The lowest BCUT2D eigenvalue weighted by Gasteiger charge is -2.17. The van der Waals surface area contributed by atoms with E-state index in [2.05, 4.69) is 19.0 Å². The van der Waals surface area contributed by atoms with Crippen molar-refractivity contribution in [3.63, 3.8) is 0 Å². The Hall–Kier alpha value is -1.73. The van der Waals surface area contributed by atoms with Gasteiger partial charge in [-0.2, -0.15) is 4.98 Å². The Morgan fingerprint density at radius 1 is 1.08 bits per heavy atom. The fraction of sp³-hybridized carbons (Fsp3) is 0.579. The highest BCUT2D eigenvalue weighted by Gasteiger charge is 2.62. The van der Waals surface area contributed by atoms with Crippen molar-refractivity contribution in [2.24, 2.45) is 10.6 Å². The minimum Gasteiger partial charge on any atom is -0.339 e. The molecule has 2 aromatic rings. The number of aromatic nitrogens is 2. The molecule has 0 unspecified atom stereocenters. The van der Waals surface area contributed by atoms with Gasteiger partial charge in [0.15, 0.2) is 5.82 Å². The van der Waals surface area contributed by atoms with E-state index < -0.39 is 10.0 Å². The highest BCUT2D eigenvalue weighted by atomic mass is 32.2. The van der Waals surface area contributed by atoms with E-state index >= 15 is 0 Å². The summed E-state index contributed by atoms with van der Waals surface area (Å²) in [6.45, 7) is 4.36. The second kappa shape index (κ2) is 6.16. The van der Waals surface area contributed by atoms with Crippen molar-refractivity contribution in [3.8, 4) is 0 Å². The van der Waals surface area contributed by atoms with Crippen molar-refractivity contribution < 1.29 is 12.9 Å². The van der Waals surface area contributed by atoms with Crippen LogP contribution in [0.4, 0.5) is 0 Å². The molecule has 0 aliphatic heterocycles. The van der Waals surface area contributed by atoms with Gasteiger partial charge in [-0.15, -0.1) is 0 Å². The Morgan fingerprint density at radius 2 is 1.73 bits per heavy atom. The van der Waals surface area contributed by atoms with Crippen molar-refractivity contribution in [1.82, 2.24) is 10.1 Å². The lowest BCUT2D eigenvalue weighted by molar-refractivity contribution is 0.351. The Balaban J connectivity index is 1.55. The Morgan fingerprint density at radius 3 is 2.35 bits per heavy atom. The monoisotopic (exact) mass is 375 g/mol. The van der Waals surface area contributed by atoms with Crippen LogP contribution in [-0.2, 0) is 10.0 Å². The summed E-state index contributed by atoms with van der Waals surface area (Å²) in [5.41, 5.74) is 1.07. The number of hydrogen-bond donors (Lipinski definition) is 1. The van der Waals surface area contributed by atoms with E-state index in [0.29, 0.717) is 11.8 Å². The molecule has 0 radical (unpaired) electrons. The van der Waals surface area contributed by atoms with E-state index in [4.69, 9.17) is 14.6 Å². The third-order valence-electron chi connectivity index (χ3n) is 6.09. The van der Waals surface area contributed by atoms with Gasteiger partial charge in [0.25, 0.3) is 0 Å². The number of sulfonamides is 1. The predicted octanol–water partition coefficient (Wildman–Crippen LogP) is 3.67. The fourth-order valence-electron chi connectivity index (χ4n) is 4.49. The van der Waals surface area contributed by atoms with E-state index in [9.17, 15) is 8.42 Å². The number of rotatable bonds is 4. The van der Waals surface area contributed by atoms with Gasteiger partial charge in [-0.05, 0) is 36.0 Å². The van der Waals surface area contributed by atoms with Gasteiger partial charge >= 0.3 is 0 Å². The van der Waals surface area contributed by atoms with Gasteiger partial charge < -0.3 is 4.52 Å². The molecule has 2 N–H and O–H groups in total. The molecule has 1 aromatic heterocycles. The quantitative estimate of drug-likeness (QED) is 0.879. The second-order valence-electron chi connectivity index (χ2n) is 8.22. The van der Waals surface area contributed by atoms with Crippen LogP contribution >= 0.6 is 0 Å². The van der Waals surface area contributed by atoms with Crippen LogP contribution in [-0.4, -0.2) is 18.6 Å². The molecule has 4 rings (SSSR count). The molecule has 0 amide bonds. The Labute approximate surface area is 154 Å². The summed E-state index contributed by atoms with van der Waals surface area (Å²) in [4.78, 5) is 4.86. The number of benzene rings is 1. The van der Waals surface area contributed by atoms with E-state index in [1.807, 2.05) is 12.1 Å². The molecule has 26 heavy (non-hydrogen) atoms. The SMILES string of the molecule is CC1(C)[C@H](c2ccc(S(N)(=O)=O)cc2)[C@H]1c1nc(C2CCCCC2)no1. The van der Waals surface area contributed by atoms with Gasteiger partial charge in [0.05, 0.1) is 10.8 Å². The predicted molar refractivity (Wildman–Crippen MR) is 97.2 cm³/mol. The zero-order valence-electron chi connectivity index (χ0n) is 15.2. The minimum atomic E-state index is -3.67. The van der Waals surface area contributed by atoms with E-state index in [1.165, 1.54) is 19.3 Å². The lowest BCUT2D eigenvalue weighted by atomic mass is 9.89. The molecule has 2 saturated carbocycles. The Kier molecular flexibility index (Phi) is 4.19. The van der Waals surface area contributed by atoms with Crippen molar-refractivity contribution in [2.75, 3.05) is 0 Å². The summed E-state index contributed by atoms with van der Waals surface area (Å²) < 4.78 is 28.5. The summed E-state index contributed by atoms with van der Waals surface area (Å²) in [5.74, 6) is 2.38. The molecule has 2 aliphatic rings. The standard InChI is InChI=1S/C19H25N3O3S/c1-19(2)15(12-8-10-14(11-9-12)26(20,23)24)16(19)18-21-17(22-25-18)13-6-4-3-5-7-13/h8-11,13,15-16H,3-7H2,1-2H3,(H2,20,23,24)/t15-,16+/m1/s1. The summed E-state index contributed by atoms with van der Waals surface area (Å²) in [5, 5.41) is 9.44. The van der Waals surface area contributed by atoms with E-state index in [0.717, 1.165) is 24.2 Å². The third kappa shape index (κ3) is 3.07. The van der Waals surface area contributed by atoms with Crippen LogP contribution in [0.25, 0.3) is 0 Å². The van der Waals surface area contributed by atoms with Gasteiger partial charge in [-0.3, -0.25) is 0 Å². The summed E-state index contributed by atoms with van der Waals surface area (Å²) in [6, 6.07) is 6.81. The molecule has 0 spiro atoms. The highest BCUT2D eigenvalue weighted by molar-refractivity contribution is 7.89. The molecule has 140 valence electrons. The normalized spacial score (nSPS) is 26.0. The number of nitrogens with two attached hydrogens (primary N) is 1.